The Hall–Kier alpha value is -2.66. The van der Waals surface area contributed by atoms with Crippen molar-refractivity contribution in [3.8, 4) is 0 Å². The summed E-state index contributed by atoms with van der Waals surface area (Å²) in [6.07, 6.45) is 0.717. The quantitative estimate of drug-likeness (QED) is 0.254. The van der Waals surface area contributed by atoms with Gasteiger partial charge in [0.1, 0.15) is 0 Å². The third-order valence-electron chi connectivity index (χ3n) is 5.32. The molecule has 4 aromatic rings. The summed E-state index contributed by atoms with van der Waals surface area (Å²) in [6.45, 7) is 0.510. The van der Waals surface area contributed by atoms with Crippen LogP contribution < -0.4 is 10.6 Å². The van der Waals surface area contributed by atoms with E-state index < -0.39 is 0 Å². The van der Waals surface area contributed by atoms with Gasteiger partial charge >= 0.3 is 6.03 Å². The van der Waals surface area contributed by atoms with Crippen LogP contribution in [0.2, 0.25) is 10.0 Å². The fourth-order valence-corrected chi connectivity index (χ4v) is 4.16. The van der Waals surface area contributed by atoms with Gasteiger partial charge in [0.2, 0.25) is 0 Å². The van der Waals surface area contributed by atoms with E-state index in [1.807, 2.05) is 60.7 Å². The number of thiol groups is 1. The van der Waals surface area contributed by atoms with Gasteiger partial charge < -0.3 is 10.6 Å². The van der Waals surface area contributed by atoms with Crippen LogP contribution in [0, 0.1) is 0 Å². The van der Waals surface area contributed by atoms with Gasteiger partial charge in [0, 0.05) is 21.5 Å². The molecule has 0 fully saturated rings. The minimum atomic E-state index is -0.325. The number of carbonyl (C=O) groups is 1. The molecule has 0 saturated heterocycles. The summed E-state index contributed by atoms with van der Waals surface area (Å²) in [5.41, 5.74) is 3.04. The fraction of sp³-hybridized carbons (Fsp3) is 0.115. The fourth-order valence-electron chi connectivity index (χ4n) is 3.71. The Labute approximate surface area is 203 Å². The topological polar surface area (TPSA) is 41.1 Å². The van der Waals surface area contributed by atoms with Gasteiger partial charge in [-0.15, -0.1) is 12.6 Å². The van der Waals surface area contributed by atoms with Crippen LogP contribution in [-0.2, 0) is 6.42 Å². The molecule has 2 amide bonds. The molecule has 0 unspecified atom stereocenters. The maximum atomic E-state index is 12.8. The largest absolute Gasteiger partial charge is 0.338 e. The van der Waals surface area contributed by atoms with Gasteiger partial charge in [-0.2, -0.15) is 0 Å². The number of hydrogen-bond acceptors (Lipinski definition) is 2. The van der Waals surface area contributed by atoms with Gasteiger partial charge in [0.05, 0.1) is 6.04 Å². The summed E-state index contributed by atoms with van der Waals surface area (Å²) >= 11 is 16.5. The third-order valence-corrected chi connectivity index (χ3v) is 6.10. The second-order valence-corrected chi connectivity index (χ2v) is 8.90. The molecule has 4 rings (SSSR count). The number of rotatable bonds is 6. The molecule has 0 aliphatic rings. The average Bonchev–Trinajstić information content (AvgIpc) is 2.79. The molecule has 3 nitrogen and oxygen atoms in total. The first-order chi connectivity index (χ1) is 15.5. The molecule has 0 aliphatic carbocycles. The Kier molecular flexibility index (Phi) is 7.26. The molecule has 4 aromatic carbocycles. The smallest absolute Gasteiger partial charge is 0.315 e. The van der Waals surface area contributed by atoms with Crippen molar-refractivity contribution in [1.29, 1.82) is 0 Å². The lowest BCUT2D eigenvalue weighted by Crippen LogP contribution is -2.39. The monoisotopic (exact) mass is 480 g/mol. The van der Waals surface area contributed by atoms with E-state index in [1.54, 1.807) is 0 Å². The molecule has 32 heavy (non-hydrogen) atoms. The lowest BCUT2D eigenvalue weighted by atomic mass is 9.99. The van der Waals surface area contributed by atoms with Gasteiger partial charge in [-0.05, 0) is 70.3 Å². The van der Waals surface area contributed by atoms with Crippen molar-refractivity contribution in [3.05, 3.63) is 112 Å². The van der Waals surface area contributed by atoms with E-state index in [1.165, 1.54) is 5.56 Å². The molecular weight excluding hydrogens is 459 g/mol. The molecule has 6 heteroatoms. The zero-order chi connectivity index (χ0) is 22.5. The molecule has 0 atom stereocenters. The number of nitrogens with one attached hydrogen (secondary N) is 2. The van der Waals surface area contributed by atoms with E-state index >= 15 is 0 Å². The number of amides is 2. The van der Waals surface area contributed by atoms with Crippen LogP contribution in [0.5, 0.6) is 0 Å². The maximum absolute atomic E-state index is 12.8. The van der Waals surface area contributed by atoms with Gasteiger partial charge in [-0.3, -0.25) is 0 Å². The van der Waals surface area contributed by atoms with Crippen molar-refractivity contribution in [2.75, 3.05) is 6.54 Å². The van der Waals surface area contributed by atoms with E-state index in [9.17, 15) is 4.79 Å². The summed E-state index contributed by atoms with van der Waals surface area (Å²) in [5, 5.41) is 9.66. The molecular formula is C26H22Cl2N2OS. The van der Waals surface area contributed by atoms with E-state index in [0.717, 1.165) is 26.8 Å². The maximum Gasteiger partial charge on any atom is 0.315 e. The van der Waals surface area contributed by atoms with Crippen molar-refractivity contribution in [3.63, 3.8) is 0 Å². The van der Waals surface area contributed by atoms with E-state index in [-0.39, 0.29) is 12.1 Å². The Morgan fingerprint density at radius 2 is 1.47 bits per heavy atom. The molecule has 0 heterocycles. The van der Waals surface area contributed by atoms with Crippen LogP contribution in [0.1, 0.15) is 22.7 Å². The predicted molar refractivity (Wildman–Crippen MR) is 136 cm³/mol. The van der Waals surface area contributed by atoms with Crippen LogP contribution in [-0.4, -0.2) is 12.6 Å². The molecule has 162 valence electrons. The van der Waals surface area contributed by atoms with Crippen LogP contribution in [0.15, 0.2) is 89.8 Å². The average molecular weight is 481 g/mol. The first-order valence-corrected chi connectivity index (χ1v) is 11.5. The SMILES string of the molecule is O=C(NCCc1cccc2ccc(S)cc12)NC(c1ccc(Cl)cc1)c1ccc(Cl)cc1. The molecule has 0 bridgehead atoms. The first kappa shape index (κ1) is 22.5. The van der Waals surface area contributed by atoms with Gasteiger partial charge in [-0.1, -0.05) is 71.7 Å². The van der Waals surface area contributed by atoms with Gasteiger partial charge in [0.15, 0.2) is 0 Å². The zero-order valence-electron chi connectivity index (χ0n) is 17.2. The minimum Gasteiger partial charge on any atom is -0.338 e. The van der Waals surface area contributed by atoms with Crippen molar-refractivity contribution in [2.45, 2.75) is 17.4 Å². The van der Waals surface area contributed by atoms with Crippen molar-refractivity contribution < 1.29 is 4.79 Å². The standard InChI is InChI=1S/C26H22Cl2N2OS/c27-21-9-4-19(5-10-21)25(20-6-11-22(28)12-7-20)30-26(31)29-15-14-18-3-1-2-17-8-13-23(32)16-24(17)18/h1-13,16,25,32H,14-15H2,(H2,29,30,31). The summed E-state index contributed by atoms with van der Waals surface area (Å²) in [5.74, 6) is 0. The first-order valence-electron chi connectivity index (χ1n) is 10.3. The Bertz CT molecular complexity index is 1180. The summed E-state index contributed by atoms with van der Waals surface area (Å²) < 4.78 is 0. The highest BCUT2D eigenvalue weighted by atomic mass is 35.5. The number of benzene rings is 4. The normalized spacial score (nSPS) is 11.0. The lowest BCUT2D eigenvalue weighted by molar-refractivity contribution is 0.239. The molecule has 2 N–H and O–H groups in total. The summed E-state index contributed by atoms with van der Waals surface area (Å²) in [7, 11) is 0. The predicted octanol–water partition coefficient (Wildman–Crippen LogP) is 7.07. The number of fused-ring (bicyclic) bond motifs is 1. The van der Waals surface area contributed by atoms with Gasteiger partial charge in [-0.25, -0.2) is 4.79 Å². The summed E-state index contributed by atoms with van der Waals surface area (Å²) in [4.78, 5) is 13.7. The third kappa shape index (κ3) is 5.57. The number of urea groups is 1. The molecule has 0 saturated carbocycles. The highest BCUT2D eigenvalue weighted by Gasteiger charge is 2.17. The number of halogens is 2. The second-order valence-electron chi connectivity index (χ2n) is 7.51. The number of hydrogen-bond donors (Lipinski definition) is 3. The van der Waals surface area contributed by atoms with Crippen LogP contribution >= 0.6 is 35.8 Å². The molecule has 0 spiro atoms. The Morgan fingerprint density at radius 1 is 0.844 bits per heavy atom. The van der Waals surface area contributed by atoms with Crippen molar-refractivity contribution in [1.82, 2.24) is 10.6 Å². The van der Waals surface area contributed by atoms with Crippen LogP contribution in [0.25, 0.3) is 10.8 Å². The highest BCUT2D eigenvalue weighted by molar-refractivity contribution is 7.80. The van der Waals surface area contributed by atoms with Crippen molar-refractivity contribution in [2.24, 2.45) is 0 Å². The Balaban J connectivity index is 1.45. The molecule has 0 radical (unpaired) electrons. The van der Waals surface area contributed by atoms with Crippen LogP contribution in [0.4, 0.5) is 4.79 Å². The van der Waals surface area contributed by atoms with Gasteiger partial charge in [0.25, 0.3) is 0 Å². The van der Waals surface area contributed by atoms with E-state index in [0.29, 0.717) is 23.0 Å². The molecule has 0 aliphatic heterocycles. The van der Waals surface area contributed by atoms with Crippen molar-refractivity contribution >= 4 is 52.6 Å². The zero-order valence-corrected chi connectivity index (χ0v) is 19.6. The number of carbonyl (C=O) groups excluding carboxylic acids is 1. The second kappa shape index (κ2) is 10.3. The van der Waals surface area contributed by atoms with E-state index in [2.05, 4.69) is 47.5 Å². The highest BCUT2D eigenvalue weighted by Crippen LogP contribution is 2.25. The van der Waals surface area contributed by atoms with E-state index in [4.69, 9.17) is 23.2 Å². The Morgan fingerprint density at radius 3 is 2.09 bits per heavy atom. The lowest BCUT2D eigenvalue weighted by Gasteiger charge is -2.20. The summed E-state index contributed by atoms with van der Waals surface area (Å²) in [6, 6.07) is 26.6. The molecule has 0 aromatic heterocycles. The van der Waals surface area contributed by atoms with Crippen LogP contribution in [0.3, 0.4) is 0 Å². The minimum absolute atomic E-state index is 0.241.